The van der Waals surface area contributed by atoms with E-state index in [0.717, 1.165) is 45.7 Å². The molecule has 0 aromatic heterocycles. The Morgan fingerprint density at radius 3 is 2.41 bits per heavy atom. The van der Waals surface area contributed by atoms with Crippen LogP contribution in [0, 0.1) is 0 Å². The van der Waals surface area contributed by atoms with Gasteiger partial charge in [0.05, 0.1) is 13.2 Å². The summed E-state index contributed by atoms with van der Waals surface area (Å²) in [4.78, 5) is 16.5. The summed E-state index contributed by atoms with van der Waals surface area (Å²) in [5.41, 5.74) is 2.52. The third-order valence-electron chi connectivity index (χ3n) is 4.41. The standard InChI is InChI=1S/C17H25N3O2/c21-17(20-11-13-22-14-12-20)6-3-15-1-4-16(5-2-15)19-9-7-18-8-10-19/h1-2,4-5,18H,3,6-14H2. The fourth-order valence-electron chi connectivity index (χ4n) is 3.02. The number of nitrogens with zero attached hydrogens (tertiary/aromatic N) is 2. The molecule has 0 radical (unpaired) electrons. The molecular formula is C17H25N3O2. The number of ether oxygens (including phenoxy) is 1. The third kappa shape index (κ3) is 3.99. The number of rotatable bonds is 4. The molecule has 0 unspecified atom stereocenters. The van der Waals surface area contributed by atoms with Gasteiger partial charge in [-0.15, -0.1) is 0 Å². The maximum atomic E-state index is 12.1. The lowest BCUT2D eigenvalue weighted by atomic mass is 10.1. The molecule has 0 atom stereocenters. The number of nitrogens with one attached hydrogen (secondary N) is 1. The predicted octanol–water partition coefficient (Wildman–Crippen LogP) is 0.888. The van der Waals surface area contributed by atoms with Gasteiger partial charge in [-0.2, -0.15) is 0 Å². The molecule has 1 N–H and O–H groups in total. The summed E-state index contributed by atoms with van der Waals surface area (Å²) in [6.45, 7) is 7.05. The maximum absolute atomic E-state index is 12.1. The highest BCUT2D eigenvalue weighted by molar-refractivity contribution is 5.76. The van der Waals surface area contributed by atoms with Crippen molar-refractivity contribution < 1.29 is 9.53 Å². The van der Waals surface area contributed by atoms with Crippen molar-refractivity contribution in [2.24, 2.45) is 0 Å². The molecule has 2 aliphatic heterocycles. The monoisotopic (exact) mass is 303 g/mol. The van der Waals surface area contributed by atoms with Gasteiger partial charge in [0.25, 0.3) is 0 Å². The first-order valence-corrected chi connectivity index (χ1v) is 8.23. The second-order valence-electron chi connectivity index (χ2n) is 5.90. The van der Waals surface area contributed by atoms with Crippen LogP contribution in [0.1, 0.15) is 12.0 Å². The van der Waals surface area contributed by atoms with E-state index in [1.165, 1.54) is 11.3 Å². The second kappa shape index (κ2) is 7.61. The van der Waals surface area contributed by atoms with E-state index >= 15 is 0 Å². The van der Waals surface area contributed by atoms with Crippen molar-refractivity contribution in [2.75, 3.05) is 57.4 Å². The molecule has 5 nitrogen and oxygen atoms in total. The Labute approximate surface area is 132 Å². The van der Waals surface area contributed by atoms with Crippen molar-refractivity contribution in [3.63, 3.8) is 0 Å². The zero-order valence-corrected chi connectivity index (χ0v) is 13.1. The van der Waals surface area contributed by atoms with Crippen LogP contribution in [-0.4, -0.2) is 63.3 Å². The average Bonchev–Trinajstić information content (AvgIpc) is 2.61. The highest BCUT2D eigenvalue weighted by Crippen LogP contribution is 2.17. The molecule has 2 aliphatic rings. The fraction of sp³-hybridized carbons (Fsp3) is 0.588. The molecular weight excluding hydrogens is 278 g/mol. The predicted molar refractivity (Wildman–Crippen MR) is 87.2 cm³/mol. The first-order valence-electron chi connectivity index (χ1n) is 8.23. The van der Waals surface area contributed by atoms with Crippen molar-refractivity contribution in [1.82, 2.24) is 10.2 Å². The van der Waals surface area contributed by atoms with Crippen molar-refractivity contribution in [1.29, 1.82) is 0 Å². The van der Waals surface area contributed by atoms with Crippen LogP contribution in [0.3, 0.4) is 0 Å². The smallest absolute Gasteiger partial charge is 0.223 e. The molecule has 1 amide bonds. The Kier molecular flexibility index (Phi) is 5.29. The molecule has 0 aliphatic carbocycles. The number of benzene rings is 1. The van der Waals surface area contributed by atoms with Crippen LogP contribution in [-0.2, 0) is 16.0 Å². The zero-order chi connectivity index (χ0) is 15.2. The van der Waals surface area contributed by atoms with Gasteiger partial charge >= 0.3 is 0 Å². The van der Waals surface area contributed by atoms with Crippen molar-refractivity contribution in [2.45, 2.75) is 12.8 Å². The molecule has 3 rings (SSSR count). The van der Waals surface area contributed by atoms with E-state index in [4.69, 9.17) is 4.74 Å². The van der Waals surface area contributed by atoms with Crippen LogP contribution in [0.15, 0.2) is 24.3 Å². The molecule has 22 heavy (non-hydrogen) atoms. The van der Waals surface area contributed by atoms with E-state index in [0.29, 0.717) is 19.6 Å². The Morgan fingerprint density at radius 2 is 1.73 bits per heavy atom. The summed E-state index contributed by atoms with van der Waals surface area (Å²) in [5.74, 6) is 0.245. The zero-order valence-electron chi connectivity index (χ0n) is 13.1. The molecule has 2 saturated heterocycles. The lowest BCUT2D eigenvalue weighted by Crippen LogP contribution is -2.43. The third-order valence-corrected chi connectivity index (χ3v) is 4.41. The van der Waals surface area contributed by atoms with Gasteiger partial charge in [-0.3, -0.25) is 4.79 Å². The number of hydrogen-bond acceptors (Lipinski definition) is 4. The lowest BCUT2D eigenvalue weighted by molar-refractivity contribution is -0.135. The number of carbonyl (C=O) groups excluding carboxylic acids is 1. The molecule has 2 heterocycles. The first-order chi connectivity index (χ1) is 10.8. The van der Waals surface area contributed by atoms with E-state index in [1.807, 2.05) is 4.90 Å². The van der Waals surface area contributed by atoms with Crippen LogP contribution < -0.4 is 10.2 Å². The normalized spacial score (nSPS) is 19.3. The lowest BCUT2D eigenvalue weighted by Gasteiger charge is -2.29. The number of carbonyl (C=O) groups is 1. The molecule has 0 bridgehead atoms. The Bertz CT molecular complexity index is 477. The maximum Gasteiger partial charge on any atom is 0.223 e. The average molecular weight is 303 g/mol. The summed E-state index contributed by atoms with van der Waals surface area (Å²) in [6, 6.07) is 8.67. The van der Waals surface area contributed by atoms with E-state index in [-0.39, 0.29) is 5.91 Å². The second-order valence-corrected chi connectivity index (χ2v) is 5.90. The van der Waals surface area contributed by atoms with Crippen molar-refractivity contribution in [3.05, 3.63) is 29.8 Å². The highest BCUT2D eigenvalue weighted by Gasteiger charge is 2.16. The van der Waals surface area contributed by atoms with Gasteiger partial charge in [0.1, 0.15) is 0 Å². The molecule has 1 aromatic rings. The van der Waals surface area contributed by atoms with Gasteiger partial charge in [-0.05, 0) is 24.1 Å². The first kappa shape index (κ1) is 15.3. The van der Waals surface area contributed by atoms with Crippen molar-refractivity contribution in [3.8, 4) is 0 Å². The van der Waals surface area contributed by atoms with E-state index in [1.54, 1.807) is 0 Å². The number of aryl methyl sites for hydroxylation is 1. The number of piperazine rings is 1. The molecule has 120 valence electrons. The minimum absolute atomic E-state index is 0.245. The van der Waals surface area contributed by atoms with Gasteiger partial charge < -0.3 is 19.9 Å². The van der Waals surface area contributed by atoms with Gasteiger partial charge in [-0.25, -0.2) is 0 Å². The van der Waals surface area contributed by atoms with Gasteiger partial charge in [0.2, 0.25) is 5.91 Å². The SMILES string of the molecule is O=C(CCc1ccc(N2CCNCC2)cc1)N1CCOCC1. The molecule has 1 aromatic carbocycles. The minimum atomic E-state index is 0.245. The van der Waals surface area contributed by atoms with E-state index in [9.17, 15) is 4.79 Å². The Morgan fingerprint density at radius 1 is 1.05 bits per heavy atom. The quantitative estimate of drug-likeness (QED) is 0.897. The van der Waals surface area contributed by atoms with Crippen LogP contribution >= 0.6 is 0 Å². The Balaban J connectivity index is 1.49. The Hall–Kier alpha value is -1.59. The van der Waals surface area contributed by atoms with E-state index < -0.39 is 0 Å². The number of anilines is 1. The van der Waals surface area contributed by atoms with Crippen LogP contribution in [0.5, 0.6) is 0 Å². The molecule has 0 saturated carbocycles. The summed E-state index contributed by atoms with van der Waals surface area (Å²) in [6.07, 6.45) is 1.41. The van der Waals surface area contributed by atoms with Gasteiger partial charge in [0.15, 0.2) is 0 Å². The summed E-state index contributed by atoms with van der Waals surface area (Å²) in [7, 11) is 0. The van der Waals surface area contributed by atoms with Crippen LogP contribution in [0.25, 0.3) is 0 Å². The topological polar surface area (TPSA) is 44.8 Å². The highest BCUT2D eigenvalue weighted by atomic mass is 16.5. The van der Waals surface area contributed by atoms with E-state index in [2.05, 4.69) is 34.5 Å². The minimum Gasteiger partial charge on any atom is -0.378 e. The van der Waals surface area contributed by atoms with Crippen LogP contribution in [0.2, 0.25) is 0 Å². The molecule has 5 heteroatoms. The van der Waals surface area contributed by atoms with Crippen LogP contribution in [0.4, 0.5) is 5.69 Å². The summed E-state index contributed by atoms with van der Waals surface area (Å²) in [5, 5.41) is 3.37. The number of morpholine rings is 1. The number of hydrogen-bond donors (Lipinski definition) is 1. The molecule has 2 fully saturated rings. The largest absolute Gasteiger partial charge is 0.378 e. The molecule has 0 spiro atoms. The summed E-state index contributed by atoms with van der Waals surface area (Å²) >= 11 is 0. The van der Waals surface area contributed by atoms with Gasteiger partial charge in [-0.1, -0.05) is 12.1 Å². The van der Waals surface area contributed by atoms with Crippen molar-refractivity contribution >= 4 is 11.6 Å². The number of amides is 1. The fourth-order valence-corrected chi connectivity index (χ4v) is 3.02. The van der Waals surface area contributed by atoms with Gasteiger partial charge in [0, 0.05) is 51.4 Å². The summed E-state index contributed by atoms with van der Waals surface area (Å²) < 4.78 is 5.28.